The third kappa shape index (κ3) is 4.87. The van der Waals surface area contributed by atoms with Crippen LogP contribution in [-0.2, 0) is 6.54 Å². The topological polar surface area (TPSA) is 15.3 Å². The summed E-state index contributed by atoms with van der Waals surface area (Å²) in [7, 11) is 2.25. The lowest BCUT2D eigenvalue weighted by atomic mass is 10.0. The summed E-state index contributed by atoms with van der Waals surface area (Å²) in [5.74, 6) is 0.821. The Morgan fingerprint density at radius 1 is 1.25 bits per heavy atom. The molecule has 0 spiro atoms. The van der Waals surface area contributed by atoms with E-state index < -0.39 is 0 Å². The van der Waals surface area contributed by atoms with Gasteiger partial charge in [0.1, 0.15) is 0 Å². The Labute approximate surface area is 132 Å². The van der Waals surface area contributed by atoms with E-state index in [-0.39, 0.29) is 0 Å². The number of rotatable bonds is 7. The summed E-state index contributed by atoms with van der Waals surface area (Å²) < 4.78 is 1.16. The molecule has 2 nitrogen and oxygen atoms in total. The molecule has 1 fully saturated rings. The summed E-state index contributed by atoms with van der Waals surface area (Å²) in [5.41, 5.74) is 1.40. The third-order valence-corrected chi connectivity index (χ3v) is 4.76. The molecule has 0 saturated heterocycles. The molecular weight excluding hydrogens is 312 g/mol. The van der Waals surface area contributed by atoms with E-state index in [0.717, 1.165) is 29.5 Å². The highest BCUT2D eigenvalue weighted by atomic mass is 79.9. The first-order chi connectivity index (χ1) is 9.69. The molecule has 112 valence electrons. The number of benzene rings is 1. The normalized spacial score (nSPS) is 22.6. The van der Waals surface area contributed by atoms with Crippen LogP contribution in [0.5, 0.6) is 0 Å². The van der Waals surface area contributed by atoms with E-state index in [2.05, 4.69) is 64.4 Å². The molecule has 0 heterocycles. The monoisotopic (exact) mass is 338 g/mol. The highest BCUT2D eigenvalue weighted by Gasteiger charge is 2.27. The number of nitrogens with zero attached hydrogens (tertiary/aromatic N) is 1. The Bertz CT molecular complexity index is 390. The summed E-state index contributed by atoms with van der Waals surface area (Å²) in [5, 5.41) is 3.73. The second-order valence-corrected chi connectivity index (χ2v) is 6.99. The van der Waals surface area contributed by atoms with Crippen molar-refractivity contribution in [2.75, 3.05) is 20.1 Å². The van der Waals surface area contributed by atoms with Gasteiger partial charge in [-0.05, 0) is 56.5 Å². The number of hydrogen-bond acceptors (Lipinski definition) is 2. The predicted molar refractivity (Wildman–Crippen MR) is 89.9 cm³/mol. The van der Waals surface area contributed by atoms with Gasteiger partial charge in [0.05, 0.1) is 0 Å². The van der Waals surface area contributed by atoms with E-state index in [1.54, 1.807) is 0 Å². The van der Waals surface area contributed by atoms with Crippen molar-refractivity contribution in [2.45, 2.75) is 45.2 Å². The summed E-state index contributed by atoms with van der Waals surface area (Å²) in [6.07, 6.45) is 5.36. The van der Waals surface area contributed by atoms with Gasteiger partial charge in [0.2, 0.25) is 0 Å². The van der Waals surface area contributed by atoms with Crippen LogP contribution < -0.4 is 5.32 Å². The standard InChI is InChI=1S/C17H27BrN2/c1-3-11-19-17-6-4-5-15(17)13-20(2)12-14-7-9-16(18)10-8-14/h7-10,15,17,19H,3-6,11-13H2,1-2H3. The molecule has 0 bridgehead atoms. The molecule has 1 aliphatic carbocycles. The molecular formula is C17H27BrN2. The molecule has 2 atom stereocenters. The molecule has 1 aromatic rings. The van der Waals surface area contributed by atoms with Crippen LogP contribution in [0.3, 0.4) is 0 Å². The van der Waals surface area contributed by atoms with Crippen LogP contribution in [0.4, 0.5) is 0 Å². The van der Waals surface area contributed by atoms with Gasteiger partial charge in [-0.15, -0.1) is 0 Å². The fourth-order valence-electron chi connectivity index (χ4n) is 3.22. The van der Waals surface area contributed by atoms with E-state index in [0.29, 0.717) is 0 Å². The molecule has 0 radical (unpaired) electrons. The van der Waals surface area contributed by atoms with Gasteiger partial charge in [-0.1, -0.05) is 41.4 Å². The first kappa shape index (κ1) is 16.0. The maximum Gasteiger partial charge on any atom is 0.0230 e. The maximum atomic E-state index is 3.73. The Morgan fingerprint density at radius 2 is 2.00 bits per heavy atom. The Balaban J connectivity index is 1.81. The zero-order chi connectivity index (χ0) is 14.4. The van der Waals surface area contributed by atoms with Crippen LogP contribution in [0.25, 0.3) is 0 Å². The van der Waals surface area contributed by atoms with E-state index in [4.69, 9.17) is 0 Å². The van der Waals surface area contributed by atoms with Gasteiger partial charge in [-0.2, -0.15) is 0 Å². The lowest BCUT2D eigenvalue weighted by molar-refractivity contribution is 0.245. The predicted octanol–water partition coefficient (Wildman–Crippen LogP) is 4.05. The molecule has 1 N–H and O–H groups in total. The second-order valence-electron chi connectivity index (χ2n) is 6.07. The fourth-order valence-corrected chi connectivity index (χ4v) is 3.48. The molecule has 20 heavy (non-hydrogen) atoms. The summed E-state index contributed by atoms with van der Waals surface area (Å²) in [4.78, 5) is 2.47. The highest BCUT2D eigenvalue weighted by molar-refractivity contribution is 9.10. The summed E-state index contributed by atoms with van der Waals surface area (Å²) >= 11 is 3.49. The van der Waals surface area contributed by atoms with Crippen molar-refractivity contribution < 1.29 is 0 Å². The molecule has 3 heteroatoms. The molecule has 1 aromatic carbocycles. The van der Waals surface area contributed by atoms with Crippen LogP contribution in [0.2, 0.25) is 0 Å². The smallest absolute Gasteiger partial charge is 0.0230 e. The molecule has 1 saturated carbocycles. The lowest BCUT2D eigenvalue weighted by Gasteiger charge is -2.26. The van der Waals surface area contributed by atoms with Gasteiger partial charge in [0.25, 0.3) is 0 Å². The zero-order valence-corrected chi connectivity index (χ0v) is 14.3. The number of nitrogens with one attached hydrogen (secondary N) is 1. The van der Waals surface area contributed by atoms with E-state index in [1.165, 1.54) is 37.8 Å². The molecule has 2 rings (SSSR count). The average Bonchev–Trinajstić information content (AvgIpc) is 2.86. The fraction of sp³-hybridized carbons (Fsp3) is 0.647. The average molecular weight is 339 g/mol. The van der Waals surface area contributed by atoms with E-state index in [9.17, 15) is 0 Å². The molecule has 0 amide bonds. The molecule has 0 aromatic heterocycles. The van der Waals surface area contributed by atoms with Crippen molar-refractivity contribution in [3.63, 3.8) is 0 Å². The first-order valence-corrected chi connectivity index (χ1v) is 8.64. The minimum absolute atomic E-state index is 0.738. The van der Waals surface area contributed by atoms with Gasteiger partial charge in [-0.25, -0.2) is 0 Å². The largest absolute Gasteiger partial charge is 0.314 e. The number of hydrogen-bond donors (Lipinski definition) is 1. The second kappa shape index (κ2) is 8.16. The minimum atomic E-state index is 0.738. The van der Waals surface area contributed by atoms with Gasteiger partial charge in [0, 0.05) is 23.6 Å². The van der Waals surface area contributed by atoms with Crippen molar-refractivity contribution in [1.82, 2.24) is 10.2 Å². The van der Waals surface area contributed by atoms with Crippen LogP contribution >= 0.6 is 15.9 Å². The summed E-state index contributed by atoms with van der Waals surface area (Å²) in [6.45, 7) is 5.66. The van der Waals surface area contributed by atoms with Crippen molar-refractivity contribution in [2.24, 2.45) is 5.92 Å². The van der Waals surface area contributed by atoms with Gasteiger partial charge >= 0.3 is 0 Å². The Kier molecular flexibility index (Phi) is 6.53. The van der Waals surface area contributed by atoms with Crippen LogP contribution in [0.1, 0.15) is 38.2 Å². The SMILES string of the molecule is CCCNC1CCCC1CN(C)Cc1ccc(Br)cc1. The van der Waals surface area contributed by atoms with Gasteiger partial charge in [0.15, 0.2) is 0 Å². The molecule has 2 unspecified atom stereocenters. The van der Waals surface area contributed by atoms with E-state index >= 15 is 0 Å². The van der Waals surface area contributed by atoms with Crippen LogP contribution in [0, 0.1) is 5.92 Å². The van der Waals surface area contributed by atoms with Crippen molar-refractivity contribution in [3.8, 4) is 0 Å². The summed E-state index contributed by atoms with van der Waals surface area (Å²) in [6, 6.07) is 9.42. The van der Waals surface area contributed by atoms with Crippen molar-refractivity contribution in [3.05, 3.63) is 34.3 Å². The lowest BCUT2D eigenvalue weighted by Crippen LogP contribution is -2.38. The van der Waals surface area contributed by atoms with Gasteiger partial charge < -0.3 is 10.2 Å². The maximum absolute atomic E-state index is 3.73. The van der Waals surface area contributed by atoms with Crippen LogP contribution in [0.15, 0.2) is 28.7 Å². The first-order valence-electron chi connectivity index (χ1n) is 7.85. The van der Waals surface area contributed by atoms with E-state index in [1.807, 2.05) is 0 Å². The quantitative estimate of drug-likeness (QED) is 0.806. The molecule has 0 aliphatic heterocycles. The third-order valence-electron chi connectivity index (χ3n) is 4.23. The Hall–Kier alpha value is -0.380. The highest BCUT2D eigenvalue weighted by Crippen LogP contribution is 2.26. The molecule has 1 aliphatic rings. The van der Waals surface area contributed by atoms with Crippen molar-refractivity contribution >= 4 is 15.9 Å². The zero-order valence-electron chi connectivity index (χ0n) is 12.7. The number of halogens is 1. The van der Waals surface area contributed by atoms with Gasteiger partial charge in [-0.3, -0.25) is 0 Å². The van der Waals surface area contributed by atoms with Crippen LogP contribution in [-0.4, -0.2) is 31.1 Å². The van der Waals surface area contributed by atoms with Crippen molar-refractivity contribution in [1.29, 1.82) is 0 Å². The Morgan fingerprint density at radius 3 is 2.70 bits per heavy atom. The minimum Gasteiger partial charge on any atom is -0.314 e.